The monoisotopic (exact) mass is 244 g/mol. The summed E-state index contributed by atoms with van der Waals surface area (Å²) in [6.45, 7) is 0. The van der Waals surface area contributed by atoms with Crippen molar-refractivity contribution in [3.05, 3.63) is 35.4 Å². The molecule has 0 saturated heterocycles. The molecule has 1 saturated carbocycles. The molecule has 1 aromatic rings. The second-order valence-corrected chi connectivity index (χ2v) is 4.09. The molecule has 1 aliphatic rings. The summed E-state index contributed by atoms with van der Waals surface area (Å²) in [5, 5.41) is 0. The number of esters is 1. The Morgan fingerprint density at radius 2 is 1.88 bits per heavy atom. The van der Waals surface area contributed by atoms with Crippen molar-refractivity contribution >= 4 is 5.97 Å². The average molecular weight is 244 g/mol. The summed E-state index contributed by atoms with van der Waals surface area (Å²) >= 11 is 0. The molecule has 2 nitrogen and oxygen atoms in total. The first-order valence-corrected chi connectivity index (χ1v) is 5.18. The van der Waals surface area contributed by atoms with Crippen LogP contribution in [-0.2, 0) is 15.7 Å². The van der Waals surface area contributed by atoms with Crippen LogP contribution in [0.4, 0.5) is 13.2 Å². The van der Waals surface area contributed by atoms with E-state index in [1.165, 1.54) is 19.2 Å². The largest absolute Gasteiger partial charge is 0.469 e. The fraction of sp³-hybridized carbons (Fsp3) is 0.417. The highest BCUT2D eigenvalue weighted by molar-refractivity contribution is 5.77. The maximum absolute atomic E-state index is 12.3. The van der Waals surface area contributed by atoms with E-state index in [0.29, 0.717) is 6.42 Å². The Morgan fingerprint density at radius 1 is 1.29 bits per heavy atom. The number of methoxy groups -OCH3 is 1. The van der Waals surface area contributed by atoms with E-state index < -0.39 is 11.7 Å². The van der Waals surface area contributed by atoms with E-state index >= 15 is 0 Å². The van der Waals surface area contributed by atoms with Gasteiger partial charge in [-0.2, -0.15) is 13.2 Å². The minimum absolute atomic E-state index is 0.00438. The van der Waals surface area contributed by atoms with Crippen LogP contribution in [0.3, 0.4) is 0 Å². The number of carbonyl (C=O) groups excluding carboxylic acids is 1. The van der Waals surface area contributed by atoms with Gasteiger partial charge < -0.3 is 4.74 Å². The first kappa shape index (κ1) is 12.0. The van der Waals surface area contributed by atoms with Gasteiger partial charge in [-0.15, -0.1) is 0 Å². The molecule has 0 N–H and O–H groups in total. The normalized spacial score (nSPS) is 23.3. The zero-order chi connectivity index (χ0) is 12.6. The van der Waals surface area contributed by atoms with Crippen LogP contribution in [0, 0.1) is 5.92 Å². The molecule has 5 heteroatoms. The predicted molar refractivity (Wildman–Crippen MR) is 54.3 cm³/mol. The number of carbonyl (C=O) groups is 1. The maximum atomic E-state index is 12.3. The highest BCUT2D eigenvalue weighted by atomic mass is 19.4. The van der Waals surface area contributed by atoms with Gasteiger partial charge in [0.05, 0.1) is 18.6 Å². The van der Waals surface area contributed by atoms with E-state index in [9.17, 15) is 18.0 Å². The molecular formula is C12H11F3O2. The third kappa shape index (κ3) is 2.43. The number of alkyl halides is 3. The molecule has 0 unspecified atom stereocenters. The summed E-state index contributed by atoms with van der Waals surface area (Å²) < 4.78 is 41.5. The van der Waals surface area contributed by atoms with Crippen LogP contribution >= 0.6 is 0 Å². The molecule has 1 aliphatic carbocycles. The van der Waals surface area contributed by atoms with E-state index in [-0.39, 0.29) is 17.8 Å². The molecule has 17 heavy (non-hydrogen) atoms. The zero-order valence-electron chi connectivity index (χ0n) is 9.12. The van der Waals surface area contributed by atoms with Crippen LogP contribution in [0.5, 0.6) is 0 Å². The molecule has 0 aliphatic heterocycles. The van der Waals surface area contributed by atoms with Gasteiger partial charge in [0, 0.05) is 0 Å². The summed E-state index contributed by atoms with van der Waals surface area (Å²) in [4.78, 5) is 11.2. The molecular weight excluding hydrogens is 233 g/mol. The fourth-order valence-corrected chi connectivity index (χ4v) is 1.89. The standard InChI is InChI=1S/C12H11F3O2/c1-17-11(16)10-6-9(10)7-2-4-8(5-3-7)12(13,14)15/h2-5,9-10H,6H2,1H3/t9-,10+/m0/s1. The average Bonchev–Trinajstić information content (AvgIpc) is 3.07. The lowest BCUT2D eigenvalue weighted by Crippen LogP contribution is -2.05. The number of hydrogen-bond donors (Lipinski definition) is 0. The number of ether oxygens (including phenoxy) is 1. The number of rotatable bonds is 2. The number of benzene rings is 1. The van der Waals surface area contributed by atoms with Crippen LogP contribution in [-0.4, -0.2) is 13.1 Å². The minimum Gasteiger partial charge on any atom is -0.469 e. The molecule has 2 rings (SSSR count). The van der Waals surface area contributed by atoms with E-state index in [4.69, 9.17) is 0 Å². The summed E-state index contributed by atoms with van der Waals surface area (Å²) in [5.41, 5.74) is 0.0879. The highest BCUT2D eigenvalue weighted by Crippen LogP contribution is 2.48. The van der Waals surface area contributed by atoms with Gasteiger partial charge in [0.15, 0.2) is 0 Å². The Labute approximate surface area is 96.4 Å². The third-order valence-corrected chi connectivity index (χ3v) is 2.96. The topological polar surface area (TPSA) is 26.3 Å². The van der Waals surface area contributed by atoms with Gasteiger partial charge >= 0.3 is 12.1 Å². The van der Waals surface area contributed by atoms with Crippen LogP contribution in [0.2, 0.25) is 0 Å². The van der Waals surface area contributed by atoms with Crippen LogP contribution in [0.15, 0.2) is 24.3 Å². The molecule has 0 bridgehead atoms. The maximum Gasteiger partial charge on any atom is 0.416 e. The Morgan fingerprint density at radius 3 is 2.35 bits per heavy atom. The molecule has 0 spiro atoms. The summed E-state index contributed by atoms with van der Waals surface area (Å²) in [6.07, 6.45) is -3.66. The lowest BCUT2D eigenvalue weighted by Gasteiger charge is -2.07. The molecule has 1 aromatic carbocycles. The van der Waals surface area contributed by atoms with E-state index in [1.807, 2.05) is 0 Å². The van der Waals surface area contributed by atoms with Gasteiger partial charge in [0.1, 0.15) is 0 Å². The second-order valence-electron chi connectivity index (χ2n) is 4.09. The molecule has 92 valence electrons. The van der Waals surface area contributed by atoms with Crippen LogP contribution in [0.1, 0.15) is 23.5 Å². The first-order valence-electron chi connectivity index (χ1n) is 5.18. The lowest BCUT2D eigenvalue weighted by molar-refractivity contribution is -0.142. The lowest BCUT2D eigenvalue weighted by atomic mass is 10.1. The molecule has 2 atom stereocenters. The quantitative estimate of drug-likeness (QED) is 0.747. The van der Waals surface area contributed by atoms with Crippen molar-refractivity contribution in [3.63, 3.8) is 0 Å². The van der Waals surface area contributed by atoms with Crippen molar-refractivity contribution in [2.45, 2.75) is 18.5 Å². The number of hydrogen-bond acceptors (Lipinski definition) is 2. The van der Waals surface area contributed by atoms with Gasteiger partial charge in [-0.25, -0.2) is 0 Å². The summed E-state index contributed by atoms with van der Waals surface area (Å²) in [6, 6.07) is 4.94. The van der Waals surface area contributed by atoms with Crippen LogP contribution in [0.25, 0.3) is 0 Å². The van der Waals surface area contributed by atoms with Gasteiger partial charge in [-0.1, -0.05) is 12.1 Å². The van der Waals surface area contributed by atoms with Crippen molar-refractivity contribution in [2.75, 3.05) is 7.11 Å². The fourth-order valence-electron chi connectivity index (χ4n) is 1.89. The summed E-state index contributed by atoms with van der Waals surface area (Å²) in [7, 11) is 1.31. The van der Waals surface area contributed by atoms with E-state index in [1.54, 1.807) is 0 Å². The second kappa shape index (κ2) is 4.05. The third-order valence-electron chi connectivity index (χ3n) is 2.96. The molecule has 0 radical (unpaired) electrons. The Bertz CT molecular complexity index is 422. The van der Waals surface area contributed by atoms with Crippen molar-refractivity contribution in [3.8, 4) is 0 Å². The smallest absolute Gasteiger partial charge is 0.416 e. The molecule has 0 amide bonds. The first-order chi connectivity index (χ1) is 7.93. The predicted octanol–water partition coefficient (Wildman–Crippen LogP) is 2.98. The Kier molecular flexibility index (Phi) is 2.85. The van der Waals surface area contributed by atoms with Crippen molar-refractivity contribution in [1.29, 1.82) is 0 Å². The van der Waals surface area contributed by atoms with E-state index in [2.05, 4.69) is 4.74 Å². The molecule has 0 heterocycles. The van der Waals surface area contributed by atoms with Crippen molar-refractivity contribution in [1.82, 2.24) is 0 Å². The van der Waals surface area contributed by atoms with Crippen molar-refractivity contribution in [2.24, 2.45) is 5.92 Å². The van der Waals surface area contributed by atoms with E-state index in [0.717, 1.165) is 17.7 Å². The molecule has 0 aromatic heterocycles. The van der Waals surface area contributed by atoms with Crippen LogP contribution < -0.4 is 0 Å². The summed E-state index contributed by atoms with van der Waals surface area (Å²) in [5.74, 6) is -0.489. The Hall–Kier alpha value is -1.52. The SMILES string of the molecule is COC(=O)[C@@H]1C[C@H]1c1ccc(C(F)(F)F)cc1. The van der Waals surface area contributed by atoms with Gasteiger partial charge in [-0.3, -0.25) is 4.79 Å². The van der Waals surface area contributed by atoms with Gasteiger partial charge in [0.2, 0.25) is 0 Å². The minimum atomic E-state index is -4.32. The zero-order valence-corrected chi connectivity index (χ0v) is 9.12. The van der Waals surface area contributed by atoms with Crippen molar-refractivity contribution < 1.29 is 22.7 Å². The van der Waals surface area contributed by atoms with Gasteiger partial charge in [-0.05, 0) is 30.0 Å². The number of halogens is 3. The van der Waals surface area contributed by atoms with Gasteiger partial charge in [0.25, 0.3) is 0 Å². The Balaban J connectivity index is 2.08. The molecule has 1 fully saturated rings. The highest BCUT2D eigenvalue weighted by Gasteiger charge is 2.45.